The predicted molar refractivity (Wildman–Crippen MR) is 165 cm³/mol. The summed E-state index contributed by atoms with van der Waals surface area (Å²) >= 11 is 0. The summed E-state index contributed by atoms with van der Waals surface area (Å²) in [6.07, 6.45) is 3.94. The number of rotatable bonds is 8. The zero-order valence-corrected chi connectivity index (χ0v) is 23.3. The van der Waals surface area contributed by atoms with E-state index < -0.39 is 0 Å². The molecule has 1 atom stereocenters. The van der Waals surface area contributed by atoms with Crippen LogP contribution in [0.4, 0.5) is 0 Å². The summed E-state index contributed by atoms with van der Waals surface area (Å²) in [6, 6.07) is 36.9. The maximum Gasteiger partial charge on any atom is 0.123 e. The molecule has 1 aliphatic heterocycles. The largest absolute Gasteiger partial charge is 0.497 e. The molecule has 1 fully saturated rings. The van der Waals surface area contributed by atoms with Gasteiger partial charge in [-0.15, -0.1) is 12.4 Å². The van der Waals surface area contributed by atoms with Crippen LogP contribution in [0.2, 0.25) is 0 Å². The molecular weight excluding hydrogens is 502 g/mol. The van der Waals surface area contributed by atoms with Crippen LogP contribution < -0.4 is 9.47 Å². The lowest BCUT2D eigenvalue weighted by Crippen LogP contribution is -2.33. The molecule has 5 aromatic carbocycles. The number of nitrogens with zero attached hydrogens (tertiary/aromatic N) is 1. The SMILES string of the molecule is COc1ccc(C(c2ccccc2OCCN2CCCCC2)c2cc3ccccc3c3ccccc23)cc1.Cl. The molecule has 0 aromatic heterocycles. The smallest absolute Gasteiger partial charge is 0.123 e. The molecule has 0 amide bonds. The summed E-state index contributed by atoms with van der Waals surface area (Å²) < 4.78 is 12.0. The molecule has 0 aliphatic carbocycles. The van der Waals surface area contributed by atoms with Crippen LogP contribution in [0.3, 0.4) is 0 Å². The van der Waals surface area contributed by atoms with Crippen LogP contribution in [0.5, 0.6) is 11.5 Å². The van der Waals surface area contributed by atoms with E-state index in [0.29, 0.717) is 6.61 Å². The standard InChI is InChI=1S/C35H35NO2.ClH/c1-37-28-19-17-26(18-20-28)35(32-15-7-8-16-34(32)38-24-23-36-21-9-2-10-22-36)33-25-27-11-3-4-12-29(27)30-13-5-6-14-31(30)33;/h3-8,11-20,25,35H,2,9-10,21-24H2,1H3;1H. The minimum atomic E-state index is 0. The Bertz CT molecular complexity index is 1530. The van der Waals surface area contributed by atoms with Crippen molar-refractivity contribution in [2.24, 2.45) is 0 Å². The zero-order valence-electron chi connectivity index (χ0n) is 22.5. The quantitative estimate of drug-likeness (QED) is 0.146. The predicted octanol–water partition coefficient (Wildman–Crippen LogP) is 8.47. The molecule has 1 heterocycles. The van der Waals surface area contributed by atoms with Gasteiger partial charge >= 0.3 is 0 Å². The topological polar surface area (TPSA) is 21.7 Å². The molecule has 39 heavy (non-hydrogen) atoms. The Balaban J connectivity index is 0.00000308. The van der Waals surface area contributed by atoms with Gasteiger partial charge in [-0.2, -0.15) is 0 Å². The van der Waals surface area contributed by atoms with Gasteiger partial charge in [0, 0.05) is 18.0 Å². The first-order valence-corrected chi connectivity index (χ1v) is 13.8. The highest BCUT2D eigenvalue weighted by Gasteiger charge is 2.24. The maximum absolute atomic E-state index is 6.54. The van der Waals surface area contributed by atoms with Gasteiger partial charge in [-0.1, -0.05) is 85.3 Å². The summed E-state index contributed by atoms with van der Waals surface area (Å²) in [7, 11) is 1.72. The van der Waals surface area contributed by atoms with Crippen molar-refractivity contribution in [2.45, 2.75) is 25.2 Å². The third-order valence-electron chi connectivity index (χ3n) is 7.90. The van der Waals surface area contributed by atoms with E-state index in [0.717, 1.165) is 18.0 Å². The molecule has 0 spiro atoms. The summed E-state index contributed by atoms with van der Waals surface area (Å²) in [5, 5.41) is 5.09. The highest BCUT2D eigenvalue weighted by molar-refractivity contribution is 6.09. The van der Waals surface area contributed by atoms with E-state index in [1.54, 1.807) is 7.11 Å². The van der Waals surface area contributed by atoms with E-state index in [-0.39, 0.29) is 18.3 Å². The zero-order chi connectivity index (χ0) is 25.7. The second kappa shape index (κ2) is 12.5. The van der Waals surface area contributed by atoms with Crippen molar-refractivity contribution in [1.29, 1.82) is 0 Å². The van der Waals surface area contributed by atoms with E-state index in [1.165, 1.54) is 70.6 Å². The Morgan fingerprint density at radius 2 is 1.36 bits per heavy atom. The monoisotopic (exact) mass is 537 g/mol. The van der Waals surface area contributed by atoms with Crippen molar-refractivity contribution < 1.29 is 9.47 Å². The van der Waals surface area contributed by atoms with Crippen LogP contribution in [0.1, 0.15) is 41.9 Å². The molecule has 200 valence electrons. The first kappa shape index (κ1) is 27.1. The number of halogens is 1. The lowest BCUT2D eigenvalue weighted by molar-refractivity contribution is 0.182. The van der Waals surface area contributed by atoms with Gasteiger partial charge in [-0.25, -0.2) is 0 Å². The number of hydrogen-bond acceptors (Lipinski definition) is 3. The van der Waals surface area contributed by atoms with Gasteiger partial charge in [0.2, 0.25) is 0 Å². The van der Waals surface area contributed by atoms with Gasteiger partial charge in [0.05, 0.1) is 7.11 Å². The minimum Gasteiger partial charge on any atom is -0.497 e. The van der Waals surface area contributed by atoms with Crippen LogP contribution in [-0.2, 0) is 0 Å². The van der Waals surface area contributed by atoms with E-state index in [4.69, 9.17) is 9.47 Å². The van der Waals surface area contributed by atoms with E-state index in [2.05, 4.69) is 108 Å². The van der Waals surface area contributed by atoms with Crippen LogP contribution in [0.15, 0.2) is 103 Å². The van der Waals surface area contributed by atoms with Crippen molar-refractivity contribution in [3.63, 3.8) is 0 Å². The molecule has 0 N–H and O–H groups in total. The van der Waals surface area contributed by atoms with Gasteiger partial charge < -0.3 is 9.47 Å². The summed E-state index contributed by atoms with van der Waals surface area (Å²) in [6.45, 7) is 4.04. The van der Waals surface area contributed by atoms with Crippen molar-refractivity contribution in [2.75, 3.05) is 33.4 Å². The van der Waals surface area contributed by atoms with E-state index in [9.17, 15) is 0 Å². The van der Waals surface area contributed by atoms with Gasteiger partial charge in [0.1, 0.15) is 18.1 Å². The molecule has 0 radical (unpaired) electrons. The lowest BCUT2D eigenvalue weighted by Gasteiger charge is -2.27. The fourth-order valence-corrected chi connectivity index (χ4v) is 5.96. The Morgan fingerprint density at radius 3 is 2.13 bits per heavy atom. The number of methoxy groups -OCH3 is 1. The number of benzene rings is 5. The Labute approximate surface area is 237 Å². The Morgan fingerprint density at radius 1 is 0.692 bits per heavy atom. The maximum atomic E-state index is 6.54. The summed E-state index contributed by atoms with van der Waals surface area (Å²) in [5.41, 5.74) is 3.70. The van der Waals surface area contributed by atoms with Gasteiger partial charge in [-0.3, -0.25) is 4.90 Å². The van der Waals surface area contributed by atoms with Gasteiger partial charge in [0.15, 0.2) is 0 Å². The van der Waals surface area contributed by atoms with Crippen molar-refractivity contribution in [3.8, 4) is 11.5 Å². The van der Waals surface area contributed by atoms with Crippen molar-refractivity contribution >= 4 is 34.0 Å². The normalized spacial score (nSPS) is 14.6. The second-order valence-electron chi connectivity index (χ2n) is 10.2. The molecule has 3 nitrogen and oxygen atoms in total. The molecule has 1 saturated heterocycles. The molecule has 1 unspecified atom stereocenters. The van der Waals surface area contributed by atoms with Gasteiger partial charge in [0.25, 0.3) is 0 Å². The number of hydrogen-bond donors (Lipinski definition) is 0. The van der Waals surface area contributed by atoms with Gasteiger partial charge in [-0.05, 0) is 82.9 Å². The first-order valence-electron chi connectivity index (χ1n) is 13.8. The number of piperidine rings is 1. The average molecular weight is 538 g/mol. The third kappa shape index (κ3) is 5.75. The van der Waals surface area contributed by atoms with Crippen LogP contribution in [-0.4, -0.2) is 38.3 Å². The highest BCUT2D eigenvalue weighted by Crippen LogP contribution is 2.42. The molecule has 0 saturated carbocycles. The molecule has 6 rings (SSSR count). The fourth-order valence-electron chi connectivity index (χ4n) is 5.96. The fraction of sp³-hybridized carbons (Fsp3) is 0.257. The van der Waals surface area contributed by atoms with Crippen molar-refractivity contribution in [1.82, 2.24) is 4.90 Å². The molecule has 4 heteroatoms. The average Bonchev–Trinajstić information content (AvgIpc) is 2.99. The van der Waals surface area contributed by atoms with E-state index in [1.807, 2.05) is 0 Å². The number of fused-ring (bicyclic) bond motifs is 3. The number of para-hydroxylation sites is 1. The molecule has 1 aliphatic rings. The first-order chi connectivity index (χ1) is 18.8. The third-order valence-corrected chi connectivity index (χ3v) is 7.90. The minimum absolute atomic E-state index is 0. The van der Waals surface area contributed by atoms with Crippen molar-refractivity contribution in [3.05, 3.63) is 120 Å². The second-order valence-corrected chi connectivity index (χ2v) is 10.2. The molecular formula is C35H36ClNO2. The number of likely N-dealkylation sites (tertiary alicyclic amines) is 1. The lowest BCUT2D eigenvalue weighted by atomic mass is 9.81. The van der Waals surface area contributed by atoms with Crippen LogP contribution in [0.25, 0.3) is 21.5 Å². The summed E-state index contributed by atoms with van der Waals surface area (Å²) in [5.74, 6) is 1.84. The summed E-state index contributed by atoms with van der Waals surface area (Å²) in [4.78, 5) is 2.53. The van der Waals surface area contributed by atoms with Crippen LogP contribution in [0, 0.1) is 0 Å². The Hall–Kier alpha value is -3.53. The van der Waals surface area contributed by atoms with Crippen LogP contribution >= 0.6 is 12.4 Å². The molecule has 0 bridgehead atoms. The Kier molecular flexibility index (Phi) is 8.71. The number of ether oxygens (including phenoxy) is 2. The molecule has 5 aromatic rings. The van der Waals surface area contributed by atoms with E-state index >= 15 is 0 Å². The highest BCUT2D eigenvalue weighted by atomic mass is 35.5.